The lowest BCUT2D eigenvalue weighted by molar-refractivity contribution is -0.150. The Bertz CT molecular complexity index is 2430. The smallest absolute Gasteiger partial charge is 0.350 e. The van der Waals surface area contributed by atoms with Crippen LogP contribution in [0, 0.1) is 23.2 Å². The minimum atomic E-state index is -2.12. The summed E-state index contributed by atoms with van der Waals surface area (Å²) in [5.41, 5.74) is 15.4. The number of likely N-dealkylation sites (N-methyl/N-ethyl adjacent to an activating group) is 1. The molecule has 10 N–H and O–H groups in total. The van der Waals surface area contributed by atoms with Crippen molar-refractivity contribution in [3.05, 3.63) is 117 Å². The Morgan fingerprint density at radius 3 is 2.75 bits per heavy atom. The summed E-state index contributed by atoms with van der Waals surface area (Å²) in [6.45, 7) is 7.90. The number of carbonyl (C=O) groups excluding carboxylic acids is 3. The van der Waals surface area contributed by atoms with Gasteiger partial charge in [0.2, 0.25) is 5.78 Å². The number of guanidine groups is 1. The zero-order valence-corrected chi connectivity index (χ0v) is 40.6. The van der Waals surface area contributed by atoms with E-state index in [2.05, 4.69) is 81.1 Å². The van der Waals surface area contributed by atoms with E-state index in [4.69, 9.17) is 20.9 Å². The van der Waals surface area contributed by atoms with E-state index < -0.39 is 23.0 Å². The first kappa shape index (κ1) is 47.8. The van der Waals surface area contributed by atoms with E-state index >= 15 is 14.4 Å². The first-order valence-corrected chi connectivity index (χ1v) is 25.2. The summed E-state index contributed by atoms with van der Waals surface area (Å²) in [4.78, 5) is 50.2. The predicted octanol–water partition coefficient (Wildman–Crippen LogP) is 5.37. The molecule has 10 atom stereocenters. The zero-order valence-electron chi connectivity index (χ0n) is 40.6. The van der Waals surface area contributed by atoms with Gasteiger partial charge in [-0.25, -0.2) is 4.79 Å². The average molecular weight is 928 g/mol. The number of nitrogens with zero attached hydrogens (tertiary/aromatic N) is 1. The fraction of sp³-hybridized carbons (Fsp3) is 0.556. The number of aliphatic imine (C=N–C) groups is 1. The Labute approximate surface area is 402 Å². The molecule has 1 saturated heterocycles. The topological polar surface area (TPSA) is 210 Å². The molecule has 14 nitrogen and oxygen atoms in total. The number of nitrogens with two attached hydrogens (primary N) is 2. The van der Waals surface area contributed by atoms with Crippen molar-refractivity contribution in [2.24, 2.45) is 39.6 Å². The number of fused-ring (bicyclic) bond motifs is 1. The number of epoxide rings is 1. The number of ketones is 2. The molecule has 1 spiro atoms. The first-order chi connectivity index (χ1) is 32.8. The van der Waals surface area contributed by atoms with Gasteiger partial charge in [-0.15, -0.1) is 0 Å². The number of nitrogens with one attached hydrogen (secondary N) is 6. The van der Waals surface area contributed by atoms with Gasteiger partial charge in [-0.3, -0.25) is 14.6 Å². The lowest BCUT2D eigenvalue weighted by atomic mass is 9.67. The summed E-state index contributed by atoms with van der Waals surface area (Å²) >= 11 is 0. The monoisotopic (exact) mass is 928 g/mol. The number of carbonyl (C=O) groups is 3. The quantitative estimate of drug-likeness (QED) is 0.0351. The van der Waals surface area contributed by atoms with Gasteiger partial charge >= 0.3 is 5.97 Å². The predicted molar refractivity (Wildman–Crippen MR) is 266 cm³/mol. The van der Waals surface area contributed by atoms with Crippen molar-refractivity contribution in [3.8, 4) is 0 Å². The normalized spacial score (nSPS) is 34.1. The molecule has 9 rings (SSSR count). The maximum Gasteiger partial charge on any atom is 0.350 e. The second kappa shape index (κ2) is 19.6. The molecule has 364 valence electrons. The average Bonchev–Trinajstić information content (AvgIpc) is 4.05. The van der Waals surface area contributed by atoms with Gasteiger partial charge in [-0.05, 0) is 129 Å². The number of allylic oxidation sites excluding steroid dienone is 5. The minimum Gasteiger partial charge on any atom is -0.463 e. The summed E-state index contributed by atoms with van der Waals surface area (Å²) in [6, 6.07) is 5.31. The van der Waals surface area contributed by atoms with Crippen molar-refractivity contribution in [1.82, 2.24) is 31.9 Å². The van der Waals surface area contributed by atoms with Crippen LogP contribution in [0.5, 0.6) is 0 Å². The van der Waals surface area contributed by atoms with Crippen LogP contribution in [0.1, 0.15) is 118 Å². The van der Waals surface area contributed by atoms with Gasteiger partial charge in [0.05, 0.1) is 25.0 Å². The molecular formula is C54H73N9O5. The highest BCUT2D eigenvalue weighted by Crippen LogP contribution is 2.59. The molecule has 0 saturated carbocycles. The molecular weight excluding hydrogens is 855 g/mol. The lowest BCUT2D eigenvalue weighted by Crippen LogP contribution is -2.51. The third kappa shape index (κ3) is 9.05. The van der Waals surface area contributed by atoms with E-state index in [1.54, 1.807) is 13.1 Å². The van der Waals surface area contributed by atoms with Crippen molar-refractivity contribution < 1.29 is 23.9 Å². The molecule has 5 heterocycles. The maximum atomic E-state index is 15.6. The van der Waals surface area contributed by atoms with E-state index in [0.29, 0.717) is 42.7 Å². The molecule has 10 unspecified atom stereocenters. The number of benzene rings is 1. The van der Waals surface area contributed by atoms with Crippen molar-refractivity contribution >= 4 is 23.5 Å². The van der Waals surface area contributed by atoms with E-state index in [0.717, 1.165) is 92.4 Å². The highest BCUT2D eigenvalue weighted by molar-refractivity contribution is 6.33. The number of ether oxygens (including phenoxy) is 2. The van der Waals surface area contributed by atoms with Crippen LogP contribution in [0.25, 0.3) is 0 Å². The first-order valence-electron chi connectivity index (χ1n) is 25.2. The van der Waals surface area contributed by atoms with E-state index in [1.165, 1.54) is 11.1 Å². The van der Waals surface area contributed by atoms with Gasteiger partial charge in [0, 0.05) is 49.3 Å². The fourth-order valence-electron chi connectivity index (χ4n) is 12.5. The molecule has 5 aliphatic heterocycles. The largest absolute Gasteiger partial charge is 0.463 e. The molecule has 3 aliphatic carbocycles. The SMILES string of the molecule is CCNC1C=C2C=CCC3CCCCC(C)(CC4=CNC(N)C=C4)Cc4cccc5c4C(=O)C4(OC4(CC=C(C)CC(NC(N)=NC)C4=CCNC6=C4CCC(NC)N6)C5=O)C(=O)OCC1CC23. The van der Waals surface area contributed by atoms with E-state index in [9.17, 15) is 0 Å². The van der Waals surface area contributed by atoms with Crippen molar-refractivity contribution in [1.29, 1.82) is 0 Å². The van der Waals surface area contributed by atoms with Crippen LogP contribution < -0.4 is 43.4 Å². The Kier molecular flexibility index (Phi) is 13.8. The second-order valence-electron chi connectivity index (χ2n) is 20.8. The highest BCUT2D eigenvalue weighted by atomic mass is 16.7. The summed E-state index contributed by atoms with van der Waals surface area (Å²) in [6.07, 6.45) is 26.7. The molecule has 1 aromatic rings. The number of hydrogen-bond acceptors (Lipinski definition) is 12. The number of esters is 1. The summed E-state index contributed by atoms with van der Waals surface area (Å²) in [7, 11) is 3.61. The zero-order chi connectivity index (χ0) is 47.8. The van der Waals surface area contributed by atoms with Gasteiger partial charge in [0.1, 0.15) is 5.82 Å². The molecule has 1 fully saturated rings. The van der Waals surface area contributed by atoms with Crippen molar-refractivity contribution in [3.63, 3.8) is 0 Å². The van der Waals surface area contributed by atoms with Gasteiger partial charge in [0.15, 0.2) is 17.3 Å². The molecule has 0 amide bonds. The Morgan fingerprint density at radius 2 is 1.97 bits per heavy atom. The van der Waals surface area contributed by atoms with Crippen LogP contribution in [0.4, 0.5) is 0 Å². The number of hydrogen-bond donors (Lipinski definition) is 8. The van der Waals surface area contributed by atoms with E-state index in [-0.39, 0.29) is 60.1 Å². The van der Waals surface area contributed by atoms with Crippen LogP contribution in [-0.2, 0) is 20.7 Å². The summed E-state index contributed by atoms with van der Waals surface area (Å²) < 4.78 is 12.9. The minimum absolute atomic E-state index is 0.00854. The lowest BCUT2D eigenvalue weighted by Gasteiger charge is -2.40. The standard InChI is InChI=1S/C54H73N9O5/c1-6-59-42-27-35-13-9-12-34-11-7-8-22-52(3,28-33-16-18-44(55)61-30-33)29-36-14-10-15-40-46(36)48(65)54(50(66)67-31-37(42)26-41(34)35)53(68-54,47(40)64)23-20-32(2)25-43(62-51(56)58-5)38-21-24-60-49-39(38)17-19-45(57-4)63-49/h9-10,13-16,18,20-21,27,30,34,37,41-45,57,59-61,63H,6-8,11-12,17,19,22-26,28-29,31,55H2,1-5H3,(H3,56,58,62). The van der Waals surface area contributed by atoms with Crippen LogP contribution in [0.15, 0.2) is 106 Å². The molecule has 0 aromatic heterocycles. The summed E-state index contributed by atoms with van der Waals surface area (Å²) in [5.74, 6) is 0.501. The number of Topliss-reactive ketones (excluding diaryl/α,β-unsaturated/α-hetero) is 2. The Morgan fingerprint density at radius 1 is 1.12 bits per heavy atom. The third-order valence-electron chi connectivity index (χ3n) is 16.1. The van der Waals surface area contributed by atoms with E-state index in [1.807, 2.05) is 44.5 Å². The molecule has 0 radical (unpaired) electrons. The van der Waals surface area contributed by atoms with Crippen LogP contribution in [-0.4, -0.2) is 92.9 Å². The van der Waals surface area contributed by atoms with Crippen molar-refractivity contribution in [2.45, 2.75) is 133 Å². The fourth-order valence-corrected chi connectivity index (χ4v) is 12.5. The Balaban J connectivity index is 1.07. The Hall–Kier alpha value is -5.28. The van der Waals surface area contributed by atoms with Gasteiger partial charge < -0.3 is 52.8 Å². The van der Waals surface area contributed by atoms with Gasteiger partial charge in [0.25, 0.3) is 5.60 Å². The van der Waals surface area contributed by atoms with Crippen LogP contribution >= 0.6 is 0 Å². The summed E-state index contributed by atoms with van der Waals surface area (Å²) in [5, 5.41) is 20.8. The molecule has 14 heteroatoms. The molecule has 4 bridgehead atoms. The number of rotatable bonds is 11. The number of cyclic esters (lactones) is 1. The van der Waals surface area contributed by atoms with Crippen LogP contribution in [0.2, 0.25) is 0 Å². The molecule has 1 aromatic carbocycles. The second-order valence-corrected chi connectivity index (χ2v) is 20.8. The highest BCUT2D eigenvalue weighted by Gasteiger charge is 2.85. The van der Waals surface area contributed by atoms with Crippen LogP contribution in [0.3, 0.4) is 0 Å². The molecule has 68 heavy (non-hydrogen) atoms. The van der Waals surface area contributed by atoms with Crippen molar-refractivity contribution in [2.75, 3.05) is 33.8 Å². The van der Waals surface area contributed by atoms with Gasteiger partial charge in [-0.2, -0.15) is 0 Å². The third-order valence-corrected chi connectivity index (χ3v) is 16.1. The maximum absolute atomic E-state index is 15.6. The molecule has 8 aliphatic rings. The van der Waals surface area contributed by atoms with Gasteiger partial charge in [-0.1, -0.05) is 86.9 Å². The number of dihydropyridines is 2.